The lowest BCUT2D eigenvalue weighted by Gasteiger charge is -2.28. The molecule has 22 heavy (non-hydrogen) atoms. The molecule has 6 heteroatoms. The molecule has 116 valence electrons. The maximum atomic E-state index is 12.3. The number of hydrogen-bond acceptors (Lipinski definition) is 4. The zero-order valence-electron chi connectivity index (χ0n) is 12.7. The Balaban J connectivity index is 1.63. The average Bonchev–Trinajstić information content (AvgIpc) is 3.04. The van der Waals surface area contributed by atoms with Crippen LogP contribution in [-0.2, 0) is 4.79 Å². The number of para-hydroxylation sites is 1. The standard InChI is InChI=1S/C16H20N4O2/c1-13(15(21)19-10-6-3-7-11-19)22-16-17-12-20(18-16)14-8-4-2-5-9-14/h2,4-5,8-9,12-13H,3,6-7,10-11H2,1H3. The monoisotopic (exact) mass is 300 g/mol. The smallest absolute Gasteiger partial charge is 0.336 e. The van der Waals surface area contributed by atoms with Crippen molar-refractivity contribution in [1.82, 2.24) is 19.7 Å². The van der Waals surface area contributed by atoms with Gasteiger partial charge in [0, 0.05) is 13.1 Å². The van der Waals surface area contributed by atoms with E-state index in [-0.39, 0.29) is 11.9 Å². The Hall–Kier alpha value is -2.37. The van der Waals surface area contributed by atoms with Crippen molar-refractivity contribution in [2.75, 3.05) is 13.1 Å². The molecule has 1 amide bonds. The molecular formula is C16H20N4O2. The van der Waals surface area contributed by atoms with Crippen molar-refractivity contribution >= 4 is 5.91 Å². The minimum atomic E-state index is -0.565. The van der Waals surface area contributed by atoms with E-state index in [1.807, 2.05) is 35.2 Å². The van der Waals surface area contributed by atoms with Crippen molar-refractivity contribution < 1.29 is 9.53 Å². The average molecular weight is 300 g/mol. The van der Waals surface area contributed by atoms with Crippen molar-refractivity contribution in [2.24, 2.45) is 0 Å². The lowest BCUT2D eigenvalue weighted by atomic mass is 10.1. The topological polar surface area (TPSA) is 60.2 Å². The lowest BCUT2D eigenvalue weighted by Crippen LogP contribution is -2.43. The summed E-state index contributed by atoms with van der Waals surface area (Å²) in [7, 11) is 0. The normalized spacial score (nSPS) is 16.3. The molecule has 0 bridgehead atoms. The van der Waals surface area contributed by atoms with Crippen LogP contribution in [0.4, 0.5) is 0 Å². The first-order valence-electron chi connectivity index (χ1n) is 7.66. The Morgan fingerprint density at radius 2 is 1.91 bits per heavy atom. The van der Waals surface area contributed by atoms with Crippen LogP contribution in [-0.4, -0.2) is 44.8 Å². The summed E-state index contributed by atoms with van der Waals surface area (Å²) >= 11 is 0. The van der Waals surface area contributed by atoms with Gasteiger partial charge in [-0.2, -0.15) is 4.98 Å². The molecule has 2 aromatic rings. The zero-order chi connectivity index (χ0) is 15.4. The van der Waals surface area contributed by atoms with Crippen LogP contribution in [0.1, 0.15) is 26.2 Å². The number of carbonyl (C=O) groups excluding carboxylic acids is 1. The highest BCUT2D eigenvalue weighted by Gasteiger charge is 2.24. The summed E-state index contributed by atoms with van der Waals surface area (Å²) in [6.45, 7) is 3.39. The summed E-state index contributed by atoms with van der Waals surface area (Å²) in [6.07, 6.45) is 4.36. The molecule has 6 nitrogen and oxygen atoms in total. The van der Waals surface area contributed by atoms with Crippen LogP contribution in [0.2, 0.25) is 0 Å². The lowest BCUT2D eigenvalue weighted by molar-refractivity contribution is -0.139. The van der Waals surface area contributed by atoms with Gasteiger partial charge in [-0.1, -0.05) is 18.2 Å². The van der Waals surface area contributed by atoms with E-state index in [1.165, 1.54) is 6.42 Å². The summed E-state index contributed by atoms with van der Waals surface area (Å²) < 4.78 is 7.23. The second-order valence-corrected chi connectivity index (χ2v) is 5.45. The summed E-state index contributed by atoms with van der Waals surface area (Å²) in [5, 5.41) is 4.26. The van der Waals surface area contributed by atoms with Gasteiger partial charge in [0.25, 0.3) is 5.91 Å². The van der Waals surface area contributed by atoms with Crippen LogP contribution < -0.4 is 4.74 Å². The van der Waals surface area contributed by atoms with E-state index < -0.39 is 6.10 Å². The molecule has 2 heterocycles. The number of rotatable bonds is 4. The minimum Gasteiger partial charge on any atom is -0.449 e. The highest BCUT2D eigenvalue weighted by atomic mass is 16.5. The van der Waals surface area contributed by atoms with E-state index >= 15 is 0 Å². The van der Waals surface area contributed by atoms with Gasteiger partial charge in [-0.3, -0.25) is 4.79 Å². The zero-order valence-corrected chi connectivity index (χ0v) is 12.7. The van der Waals surface area contributed by atoms with E-state index in [4.69, 9.17) is 4.74 Å². The van der Waals surface area contributed by atoms with Gasteiger partial charge in [0.05, 0.1) is 5.69 Å². The number of likely N-dealkylation sites (tertiary alicyclic amines) is 1. The Morgan fingerprint density at radius 1 is 1.18 bits per heavy atom. The summed E-state index contributed by atoms with van der Waals surface area (Å²) in [4.78, 5) is 18.3. The van der Waals surface area contributed by atoms with Crippen molar-refractivity contribution in [1.29, 1.82) is 0 Å². The molecule has 0 radical (unpaired) electrons. The molecule has 1 aromatic heterocycles. The van der Waals surface area contributed by atoms with Gasteiger partial charge >= 0.3 is 6.01 Å². The van der Waals surface area contributed by atoms with E-state index in [0.29, 0.717) is 0 Å². The molecular weight excluding hydrogens is 280 g/mol. The van der Waals surface area contributed by atoms with Gasteiger partial charge in [-0.15, -0.1) is 5.10 Å². The van der Waals surface area contributed by atoms with Gasteiger partial charge in [0.1, 0.15) is 6.33 Å². The number of piperidine rings is 1. The van der Waals surface area contributed by atoms with Crippen molar-refractivity contribution in [3.63, 3.8) is 0 Å². The summed E-state index contributed by atoms with van der Waals surface area (Å²) in [6, 6.07) is 9.89. The van der Waals surface area contributed by atoms with E-state index in [1.54, 1.807) is 17.9 Å². The number of benzene rings is 1. The molecule has 0 spiro atoms. The van der Waals surface area contributed by atoms with E-state index in [0.717, 1.165) is 31.6 Å². The number of ether oxygens (including phenoxy) is 1. The van der Waals surface area contributed by atoms with Crippen LogP contribution in [0.15, 0.2) is 36.7 Å². The SMILES string of the molecule is CC(Oc1ncn(-c2ccccc2)n1)C(=O)N1CCCCC1. The Labute approximate surface area is 129 Å². The molecule has 1 unspecified atom stereocenters. The van der Waals surface area contributed by atoms with Gasteiger partial charge in [0.15, 0.2) is 6.10 Å². The van der Waals surface area contributed by atoms with Crippen LogP contribution in [0.3, 0.4) is 0 Å². The fraction of sp³-hybridized carbons (Fsp3) is 0.438. The number of hydrogen-bond donors (Lipinski definition) is 0. The fourth-order valence-electron chi connectivity index (χ4n) is 2.59. The fourth-order valence-corrected chi connectivity index (χ4v) is 2.59. The third-order valence-corrected chi connectivity index (χ3v) is 3.79. The molecule has 1 aliphatic rings. The van der Waals surface area contributed by atoms with Crippen LogP contribution in [0.25, 0.3) is 5.69 Å². The van der Waals surface area contributed by atoms with Gasteiger partial charge < -0.3 is 9.64 Å². The molecule has 1 fully saturated rings. The molecule has 1 saturated heterocycles. The van der Waals surface area contributed by atoms with E-state index in [2.05, 4.69) is 10.1 Å². The maximum Gasteiger partial charge on any atom is 0.336 e. The Morgan fingerprint density at radius 3 is 2.64 bits per heavy atom. The number of aromatic nitrogens is 3. The highest BCUT2D eigenvalue weighted by Crippen LogP contribution is 2.13. The van der Waals surface area contributed by atoms with Gasteiger partial charge in [-0.25, -0.2) is 4.68 Å². The predicted octanol–water partition coefficient (Wildman–Crippen LogP) is 2.05. The third kappa shape index (κ3) is 3.27. The molecule has 0 aliphatic carbocycles. The molecule has 0 N–H and O–H groups in total. The Kier molecular flexibility index (Phi) is 4.37. The van der Waals surface area contributed by atoms with Crippen molar-refractivity contribution in [2.45, 2.75) is 32.3 Å². The van der Waals surface area contributed by atoms with Crippen LogP contribution in [0, 0.1) is 0 Å². The maximum absolute atomic E-state index is 12.3. The van der Waals surface area contributed by atoms with Crippen molar-refractivity contribution in [3.8, 4) is 11.7 Å². The second kappa shape index (κ2) is 6.60. The van der Waals surface area contributed by atoms with Crippen LogP contribution in [0.5, 0.6) is 6.01 Å². The quantitative estimate of drug-likeness (QED) is 0.867. The third-order valence-electron chi connectivity index (χ3n) is 3.79. The first kappa shape index (κ1) is 14.6. The Bertz CT molecular complexity index is 620. The molecule has 3 rings (SSSR count). The molecule has 0 saturated carbocycles. The predicted molar refractivity (Wildman–Crippen MR) is 81.9 cm³/mol. The first-order chi connectivity index (χ1) is 10.7. The molecule has 1 aliphatic heterocycles. The largest absolute Gasteiger partial charge is 0.449 e. The first-order valence-corrected chi connectivity index (χ1v) is 7.66. The van der Waals surface area contributed by atoms with Gasteiger partial charge in [-0.05, 0) is 38.3 Å². The number of amides is 1. The molecule has 1 aromatic carbocycles. The van der Waals surface area contributed by atoms with E-state index in [9.17, 15) is 4.79 Å². The summed E-state index contributed by atoms with van der Waals surface area (Å²) in [5.41, 5.74) is 0.903. The molecule has 1 atom stereocenters. The summed E-state index contributed by atoms with van der Waals surface area (Å²) in [5.74, 6) is 0.00996. The second-order valence-electron chi connectivity index (χ2n) is 5.45. The highest BCUT2D eigenvalue weighted by molar-refractivity contribution is 5.80. The van der Waals surface area contributed by atoms with Gasteiger partial charge in [0.2, 0.25) is 0 Å². The number of carbonyl (C=O) groups is 1. The van der Waals surface area contributed by atoms with Crippen LogP contribution >= 0.6 is 0 Å². The van der Waals surface area contributed by atoms with Crippen molar-refractivity contribution in [3.05, 3.63) is 36.7 Å². The number of nitrogens with zero attached hydrogens (tertiary/aromatic N) is 4. The minimum absolute atomic E-state index is 0.00996.